The summed E-state index contributed by atoms with van der Waals surface area (Å²) in [6.45, 7) is 0. The molecule has 1 saturated carbocycles. The van der Waals surface area contributed by atoms with Crippen LogP contribution in [0, 0.1) is 56.2 Å². The molecule has 3 aliphatic rings. The first-order chi connectivity index (χ1) is 12.6. The van der Waals surface area contributed by atoms with Gasteiger partial charge in [0.05, 0.1) is 29.8 Å². The van der Waals surface area contributed by atoms with E-state index in [0.717, 1.165) is 19.3 Å². The summed E-state index contributed by atoms with van der Waals surface area (Å²) in [5, 5.41) is 38.8. The van der Waals surface area contributed by atoms with Crippen molar-refractivity contribution in [1.29, 1.82) is 21.2 Å². The van der Waals surface area contributed by atoms with Crippen LogP contribution in [0.2, 0.25) is 0 Å². The van der Waals surface area contributed by atoms with Crippen molar-refractivity contribution in [3.63, 3.8) is 0 Å². The maximum Gasteiger partial charge on any atom is 0.217 e. The molecule has 4 atom stereocenters. The molecule has 2 bridgehead atoms. The van der Waals surface area contributed by atoms with E-state index in [4.69, 9.17) is 14.9 Å². The minimum absolute atomic E-state index is 0.326. The number of rotatable bonds is 1. The highest BCUT2D eigenvalue weighted by Gasteiger charge is 2.80. The molecule has 26 heavy (non-hydrogen) atoms. The number of nitriles is 3. The Hall–Kier alpha value is -2.95. The summed E-state index contributed by atoms with van der Waals surface area (Å²) >= 11 is 0. The normalized spacial score (nSPS) is 37.2. The molecule has 0 spiro atoms. The van der Waals surface area contributed by atoms with Gasteiger partial charge < -0.3 is 9.47 Å². The Morgan fingerprint density at radius 3 is 2.58 bits per heavy atom. The number of pyridine rings is 1. The second-order valence-electron chi connectivity index (χ2n) is 7.10. The lowest BCUT2D eigenvalue weighted by Gasteiger charge is -2.49. The summed E-state index contributed by atoms with van der Waals surface area (Å²) in [6, 6.07) is 11.4. The monoisotopic (exact) mass is 347 g/mol. The second kappa shape index (κ2) is 5.53. The number of hydrogen-bond acceptors (Lipinski definition) is 7. The van der Waals surface area contributed by atoms with Gasteiger partial charge in [-0.05, 0) is 25.0 Å². The lowest BCUT2D eigenvalue weighted by atomic mass is 9.53. The average molecular weight is 347 g/mol. The summed E-state index contributed by atoms with van der Waals surface area (Å²) in [7, 11) is 0. The molecule has 1 aromatic heterocycles. The quantitative estimate of drug-likeness (QED) is 0.832. The second-order valence-corrected chi connectivity index (χ2v) is 7.10. The third-order valence-electron chi connectivity index (χ3n) is 6.02. The molecule has 1 aromatic rings. The maximum atomic E-state index is 10.2. The SMILES string of the molecule is N#CC1(C#N)[C@@H](c2ccccn2)O[C@@]23CCCCC[C@H]2[C@@]1(C#N)C(=N)O3. The summed E-state index contributed by atoms with van der Waals surface area (Å²) in [4.78, 5) is 4.28. The zero-order valence-electron chi connectivity index (χ0n) is 14.1. The maximum absolute atomic E-state index is 10.2. The van der Waals surface area contributed by atoms with Gasteiger partial charge in [-0.1, -0.05) is 18.9 Å². The van der Waals surface area contributed by atoms with Crippen LogP contribution in [0.25, 0.3) is 0 Å². The van der Waals surface area contributed by atoms with Gasteiger partial charge in [-0.3, -0.25) is 10.4 Å². The summed E-state index contributed by atoms with van der Waals surface area (Å²) in [5.41, 5.74) is -3.17. The molecule has 4 rings (SSSR count). The van der Waals surface area contributed by atoms with Gasteiger partial charge in [0.1, 0.15) is 6.10 Å². The molecular weight excluding hydrogens is 330 g/mol. The highest BCUT2D eigenvalue weighted by atomic mass is 16.7. The van der Waals surface area contributed by atoms with E-state index < -0.39 is 28.6 Å². The van der Waals surface area contributed by atoms with Crippen LogP contribution in [-0.2, 0) is 9.47 Å². The van der Waals surface area contributed by atoms with Crippen molar-refractivity contribution in [2.24, 2.45) is 16.7 Å². The fourth-order valence-electron chi connectivity index (χ4n) is 4.83. The fraction of sp³-hybridized carbons (Fsp3) is 0.526. The van der Waals surface area contributed by atoms with E-state index >= 15 is 0 Å². The summed E-state index contributed by atoms with van der Waals surface area (Å²) < 4.78 is 12.2. The standard InChI is InChI=1S/C19H17N5O2/c20-10-17(11-21)15(13-6-3-5-9-24-13)25-19-8-4-1-2-7-14(19)18(17,12-22)16(23)26-19/h3,5-6,9,14-15,23H,1-2,4,7-8H2/t14-,15+,18-,19+/m0/s1. The van der Waals surface area contributed by atoms with Crippen LogP contribution in [0.4, 0.5) is 0 Å². The Kier molecular flexibility index (Phi) is 3.51. The van der Waals surface area contributed by atoms with Crippen LogP contribution in [-0.4, -0.2) is 16.7 Å². The molecule has 3 heterocycles. The van der Waals surface area contributed by atoms with Crippen molar-refractivity contribution >= 4 is 5.90 Å². The van der Waals surface area contributed by atoms with Gasteiger partial charge in [-0.15, -0.1) is 0 Å². The highest BCUT2D eigenvalue weighted by Crippen LogP contribution is 2.68. The minimum Gasteiger partial charge on any atom is -0.447 e. The van der Waals surface area contributed by atoms with Crippen LogP contribution in [0.1, 0.15) is 43.9 Å². The number of nitrogens with zero attached hydrogens (tertiary/aromatic N) is 4. The van der Waals surface area contributed by atoms with Gasteiger partial charge in [0, 0.05) is 12.6 Å². The van der Waals surface area contributed by atoms with E-state index in [0.29, 0.717) is 18.5 Å². The molecule has 2 saturated heterocycles. The number of nitrogens with one attached hydrogen (secondary N) is 1. The summed E-state index contributed by atoms with van der Waals surface area (Å²) in [6.07, 6.45) is 4.25. The molecule has 2 aliphatic heterocycles. The topological polar surface area (TPSA) is 127 Å². The minimum atomic E-state index is -1.90. The van der Waals surface area contributed by atoms with Crippen LogP contribution >= 0.6 is 0 Å². The predicted molar refractivity (Wildman–Crippen MR) is 87.9 cm³/mol. The molecule has 1 N–H and O–H groups in total. The van der Waals surface area contributed by atoms with Crippen molar-refractivity contribution in [1.82, 2.24) is 4.98 Å². The lowest BCUT2D eigenvalue weighted by Crippen LogP contribution is -2.59. The van der Waals surface area contributed by atoms with E-state index in [2.05, 4.69) is 11.1 Å². The van der Waals surface area contributed by atoms with E-state index in [-0.39, 0.29) is 5.90 Å². The molecule has 1 aliphatic carbocycles. The Balaban J connectivity index is 2.01. The molecule has 0 amide bonds. The zero-order valence-corrected chi connectivity index (χ0v) is 14.1. The van der Waals surface area contributed by atoms with Crippen LogP contribution in [0.5, 0.6) is 0 Å². The molecule has 0 aromatic carbocycles. The number of aromatic nitrogens is 1. The van der Waals surface area contributed by atoms with E-state index in [1.165, 1.54) is 0 Å². The average Bonchev–Trinajstić information content (AvgIpc) is 2.81. The zero-order chi connectivity index (χ0) is 18.4. The number of ether oxygens (including phenoxy) is 2. The van der Waals surface area contributed by atoms with Crippen LogP contribution < -0.4 is 0 Å². The lowest BCUT2D eigenvalue weighted by molar-refractivity contribution is -0.285. The van der Waals surface area contributed by atoms with Gasteiger partial charge in [0.15, 0.2) is 5.41 Å². The molecule has 3 fully saturated rings. The smallest absolute Gasteiger partial charge is 0.217 e. The highest BCUT2D eigenvalue weighted by molar-refractivity contribution is 5.89. The Bertz CT molecular complexity index is 866. The van der Waals surface area contributed by atoms with Crippen LogP contribution in [0.3, 0.4) is 0 Å². The molecular formula is C19H17N5O2. The Morgan fingerprint density at radius 2 is 1.92 bits per heavy atom. The van der Waals surface area contributed by atoms with Gasteiger partial charge in [-0.2, -0.15) is 15.8 Å². The largest absolute Gasteiger partial charge is 0.447 e. The molecule has 7 heteroatoms. The number of hydrogen-bond donors (Lipinski definition) is 1. The molecule has 130 valence electrons. The molecule has 7 nitrogen and oxygen atoms in total. The van der Waals surface area contributed by atoms with Gasteiger partial charge in [-0.25, -0.2) is 0 Å². The van der Waals surface area contributed by atoms with Crippen molar-refractivity contribution in [3.8, 4) is 18.2 Å². The van der Waals surface area contributed by atoms with Crippen molar-refractivity contribution in [3.05, 3.63) is 30.1 Å². The van der Waals surface area contributed by atoms with E-state index in [1.54, 1.807) is 24.4 Å². The molecule has 0 radical (unpaired) electrons. The van der Waals surface area contributed by atoms with E-state index in [9.17, 15) is 15.8 Å². The fourth-order valence-corrected chi connectivity index (χ4v) is 4.83. The van der Waals surface area contributed by atoms with Crippen LogP contribution in [0.15, 0.2) is 24.4 Å². The summed E-state index contributed by atoms with van der Waals surface area (Å²) in [5.74, 6) is -1.99. The third kappa shape index (κ3) is 1.72. The van der Waals surface area contributed by atoms with Crippen molar-refractivity contribution in [2.45, 2.75) is 44.0 Å². The van der Waals surface area contributed by atoms with Gasteiger partial charge in [0.25, 0.3) is 0 Å². The molecule has 0 unspecified atom stereocenters. The van der Waals surface area contributed by atoms with Crippen molar-refractivity contribution in [2.75, 3.05) is 0 Å². The predicted octanol–water partition coefficient (Wildman–Crippen LogP) is 2.98. The van der Waals surface area contributed by atoms with E-state index in [1.807, 2.05) is 12.1 Å². The Labute approximate surface area is 151 Å². The van der Waals surface area contributed by atoms with Gasteiger partial charge >= 0.3 is 0 Å². The third-order valence-corrected chi connectivity index (χ3v) is 6.02. The Morgan fingerprint density at radius 1 is 1.12 bits per heavy atom. The van der Waals surface area contributed by atoms with Crippen molar-refractivity contribution < 1.29 is 9.47 Å². The first kappa shape index (κ1) is 16.5. The first-order valence-electron chi connectivity index (χ1n) is 8.71. The first-order valence-corrected chi connectivity index (χ1v) is 8.71. The van der Waals surface area contributed by atoms with Gasteiger partial charge in [0.2, 0.25) is 17.1 Å².